The monoisotopic (exact) mass is 486 g/mol. The first-order valence-corrected chi connectivity index (χ1v) is 13.6. The molecule has 2 aromatic heterocycles. The van der Waals surface area contributed by atoms with E-state index in [0.29, 0.717) is 29.8 Å². The van der Waals surface area contributed by atoms with Gasteiger partial charge in [-0.3, -0.25) is 0 Å². The van der Waals surface area contributed by atoms with Gasteiger partial charge in [0.05, 0.1) is 20.4 Å². The Labute approximate surface area is 194 Å². The Hall–Kier alpha value is -2.27. The van der Waals surface area contributed by atoms with Crippen LogP contribution in [0.4, 0.5) is 0 Å². The number of hydrogen-bond acceptors (Lipinski definition) is 8. The molecule has 1 saturated heterocycles. The first-order chi connectivity index (χ1) is 15.5. The largest absolute Gasteiger partial charge is 0.411 e. The average Bonchev–Trinajstić information content (AvgIpc) is 3.47. The van der Waals surface area contributed by atoms with E-state index >= 15 is 0 Å². The molecule has 0 amide bonds. The van der Waals surface area contributed by atoms with Crippen LogP contribution in [0.5, 0.6) is 0 Å². The molecule has 1 atom stereocenters. The molecule has 0 bridgehead atoms. The van der Waals surface area contributed by atoms with Gasteiger partial charge < -0.3 is 4.42 Å². The van der Waals surface area contributed by atoms with Gasteiger partial charge in [-0.1, -0.05) is 36.4 Å². The maximum Gasteiger partial charge on any atom is 0.277 e. The molecule has 3 heterocycles. The number of sulfonamides is 1. The van der Waals surface area contributed by atoms with Crippen molar-refractivity contribution < 1.29 is 12.8 Å². The van der Waals surface area contributed by atoms with Gasteiger partial charge in [-0.05, 0) is 50.1 Å². The molecule has 0 saturated carbocycles. The summed E-state index contributed by atoms with van der Waals surface area (Å²) in [4.78, 5) is 4.95. The van der Waals surface area contributed by atoms with Gasteiger partial charge in [0.15, 0.2) is 0 Å². The summed E-state index contributed by atoms with van der Waals surface area (Å²) in [5.41, 5.74) is 1.58. The van der Waals surface area contributed by atoms with Crippen LogP contribution in [0.2, 0.25) is 0 Å². The van der Waals surface area contributed by atoms with Crippen molar-refractivity contribution in [2.24, 2.45) is 0 Å². The van der Waals surface area contributed by atoms with Crippen LogP contribution >= 0.6 is 23.1 Å². The zero-order chi connectivity index (χ0) is 22.1. The smallest absolute Gasteiger partial charge is 0.277 e. The number of hydrogen-bond donors (Lipinski definition) is 0. The summed E-state index contributed by atoms with van der Waals surface area (Å²) in [6.45, 7) is 3.19. The van der Waals surface area contributed by atoms with E-state index in [-0.39, 0.29) is 10.1 Å². The molecule has 0 unspecified atom stereocenters. The van der Waals surface area contributed by atoms with E-state index in [4.69, 9.17) is 9.40 Å². The highest BCUT2D eigenvalue weighted by atomic mass is 32.2. The quantitative estimate of drug-likeness (QED) is 0.338. The van der Waals surface area contributed by atoms with Gasteiger partial charge in [0, 0.05) is 18.7 Å². The van der Waals surface area contributed by atoms with Crippen molar-refractivity contribution >= 4 is 43.3 Å². The fraction of sp³-hybridized carbons (Fsp3) is 0.318. The maximum atomic E-state index is 13.0. The lowest BCUT2D eigenvalue weighted by atomic mass is 10.2. The van der Waals surface area contributed by atoms with Gasteiger partial charge >= 0.3 is 0 Å². The van der Waals surface area contributed by atoms with Gasteiger partial charge in [-0.15, -0.1) is 21.5 Å². The van der Waals surface area contributed by atoms with Gasteiger partial charge in [-0.2, -0.15) is 4.31 Å². The fourth-order valence-corrected chi connectivity index (χ4v) is 7.11. The summed E-state index contributed by atoms with van der Waals surface area (Å²) in [7, 11) is -3.52. The lowest BCUT2D eigenvalue weighted by Gasteiger charge is -2.25. The van der Waals surface area contributed by atoms with Crippen molar-refractivity contribution in [2.75, 3.05) is 13.1 Å². The fourth-order valence-electron chi connectivity index (χ4n) is 3.68. The van der Waals surface area contributed by atoms with E-state index in [0.717, 1.165) is 34.5 Å². The minimum absolute atomic E-state index is 0.0477. The molecule has 0 N–H and O–H groups in total. The lowest BCUT2D eigenvalue weighted by Crippen LogP contribution is -2.35. The van der Waals surface area contributed by atoms with E-state index in [1.165, 1.54) is 11.8 Å². The molecule has 0 radical (unpaired) electrons. The van der Waals surface area contributed by atoms with Crippen molar-refractivity contribution in [3.05, 3.63) is 53.5 Å². The molecule has 1 fully saturated rings. The molecule has 2 aromatic carbocycles. The predicted molar refractivity (Wildman–Crippen MR) is 126 cm³/mol. The van der Waals surface area contributed by atoms with Crippen molar-refractivity contribution in [1.29, 1.82) is 0 Å². The van der Waals surface area contributed by atoms with E-state index in [1.54, 1.807) is 39.9 Å². The summed E-state index contributed by atoms with van der Waals surface area (Å²) < 4.78 is 34.6. The molecule has 166 valence electrons. The third-order valence-electron chi connectivity index (χ3n) is 5.38. The van der Waals surface area contributed by atoms with E-state index in [2.05, 4.69) is 23.2 Å². The first kappa shape index (κ1) is 21.6. The van der Waals surface area contributed by atoms with Crippen LogP contribution in [0.1, 0.15) is 36.4 Å². The van der Waals surface area contributed by atoms with Gasteiger partial charge in [0.2, 0.25) is 15.9 Å². The standard InChI is InChI=1S/C22H22N4O3S3/c1-15(21-23-18-10-3-4-11-19(18)31-21)30-22-25-24-20(29-22)16-8-7-9-17(14-16)32(27,28)26-12-5-2-6-13-26/h3-4,7-11,14-15H,2,5-6,12-13H2,1H3/t15-/m0/s1. The minimum atomic E-state index is -3.52. The number of thiazole rings is 1. The van der Waals surface area contributed by atoms with Crippen molar-refractivity contribution in [1.82, 2.24) is 19.5 Å². The summed E-state index contributed by atoms with van der Waals surface area (Å²) >= 11 is 3.09. The number of benzene rings is 2. The lowest BCUT2D eigenvalue weighted by molar-refractivity contribution is 0.346. The van der Waals surface area contributed by atoms with E-state index in [9.17, 15) is 8.42 Å². The van der Waals surface area contributed by atoms with Crippen molar-refractivity contribution in [2.45, 2.75) is 41.6 Å². The maximum absolute atomic E-state index is 13.0. The third-order valence-corrected chi connectivity index (χ3v) is 9.58. The average molecular weight is 487 g/mol. The summed E-state index contributed by atoms with van der Waals surface area (Å²) in [5, 5.41) is 9.77. The van der Waals surface area contributed by atoms with Crippen molar-refractivity contribution in [3.63, 3.8) is 0 Å². The molecule has 10 heteroatoms. The van der Waals surface area contributed by atoms with Crippen LogP contribution in [0.25, 0.3) is 21.7 Å². The molecule has 7 nitrogen and oxygen atoms in total. The number of para-hydroxylation sites is 1. The van der Waals surface area contributed by atoms with Gasteiger partial charge in [-0.25, -0.2) is 13.4 Å². The van der Waals surface area contributed by atoms with Crippen LogP contribution in [0.15, 0.2) is 63.1 Å². The minimum Gasteiger partial charge on any atom is -0.411 e. The number of piperidine rings is 1. The zero-order valence-corrected chi connectivity index (χ0v) is 19.9. The number of fused-ring (bicyclic) bond motifs is 1. The highest BCUT2D eigenvalue weighted by Gasteiger charge is 2.26. The van der Waals surface area contributed by atoms with Gasteiger partial charge in [0.25, 0.3) is 5.22 Å². The molecular weight excluding hydrogens is 464 g/mol. The molecule has 32 heavy (non-hydrogen) atoms. The second-order valence-corrected chi connectivity index (χ2v) is 11.9. The summed E-state index contributed by atoms with van der Waals surface area (Å²) in [6, 6.07) is 14.8. The molecule has 0 aliphatic carbocycles. The Morgan fingerprint density at radius 1 is 1.06 bits per heavy atom. The third kappa shape index (κ3) is 4.32. The highest BCUT2D eigenvalue weighted by molar-refractivity contribution is 7.99. The Bertz CT molecular complexity index is 1310. The van der Waals surface area contributed by atoms with Gasteiger partial charge in [0.1, 0.15) is 5.01 Å². The number of nitrogens with zero attached hydrogens (tertiary/aromatic N) is 4. The van der Waals surface area contributed by atoms with Crippen LogP contribution in [-0.2, 0) is 10.0 Å². The Morgan fingerprint density at radius 2 is 1.88 bits per heavy atom. The Kier molecular flexibility index (Phi) is 6.02. The highest BCUT2D eigenvalue weighted by Crippen LogP contribution is 2.38. The molecule has 1 aliphatic heterocycles. The second kappa shape index (κ2) is 8.93. The Morgan fingerprint density at radius 3 is 2.69 bits per heavy atom. The first-order valence-electron chi connectivity index (χ1n) is 10.5. The van der Waals surface area contributed by atoms with Crippen LogP contribution in [0, 0.1) is 0 Å². The number of rotatable bonds is 6. The molecule has 5 rings (SSSR count). The normalized spacial score (nSPS) is 16.4. The Balaban J connectivity index is 1.34. The molecular formula is C22H22N4O3S3. The van der Waals surface area contributed by atoms with Crippen LogP contribution in [0.3, 0.4) is 0 Å². The molecule has 4 aromatic rings. The zero-order valence-electron chi connectivity index (χ0n) is 17.5. The summed E-state index contributed by atoms with van der Waals surface area (Å²) in [6.07, 6.45) is 2.87. The number of thioether (sulfide) groups is 1. The SMILES string of the molecule is C[C@H](Sc1nnc(-c2cccc(S(=O)(=O)N3CCCCC3)c2)o1)c1nc2ccccc2s1. The van der Waals surface area contributed by atoms with E-state index in [1.807, 2.05) is 18.2 Å². The van der Waals surface area contributed by atoms with Crippen LogP contribution < -0.4 is 0 Å². The summed E-state index contributed by atoms with van der Waals surface area (Å²) in [5.74, 6) is 0.305. The topological polar surface area (TPSA) is 89.2 Å². The molecule has 1 aliphatic rings. The van der Waals surface area contributed by atoms with Crippen molar-refractivity contribution in [3.8, 4) is 11.5 Å². The predicted octanol–water partition coefficient (Wildman–Crippen LogP) is 5.37. The van der Waals surface area contributed by atoms with E-state index < -0.39 is 10.0 Å². The second-order valence-electron chi connectivity index (χ2n) is 7.65. The number of aromatic nitrogens is 3. The molecule has 0 spiro atoms. The van der Waals surface area contributed by atoms with Crippen LogP contribution in [-0.4, -0.2) is 41.0 Å².